The Morgan fingerprint density at radius 3 is 2.29 bits per heavy atom. The lowest BCUT2D eigenvalue weighted by Crippen LogP contribution is -2.34. The average Bonchev–Trinajstić information content (AvgIpc) is 2.56. The number of hydrogen-bond acceptors (Lipinski definition) is 4. The van der Waals surface area contributed by atoms with E-state index in [1.807, 2.05) is 44.2 Å². The molecule has 0 aromatic heterocycles. The standard InChI is InChI=1S/C18H17N3O2S/c1-12(2)23-16-9-7-15(8-10-16)20-18(24)21-17(22)14-5-3-13(11-19)4-6-14/h3-10,12H,1-2H3,(H2,20,21,22,24). The third-order valence-electron chi connectivity index (χ3n) is 2.99. The molecule has 5 nitrogen and oxygen atoms in total. The van der Waals surface area contributed by atoms with Crippen molar-refractivity contribution in [2.24, 2.45) is 0 Å². The van der Waals surface area contributed by atoms with Crippen molar-refractivity contribution in [1.29, 1.82) is 5.26 Å². The molecule has 0 saturated heterocycles. The molecule has 0 atom stereocenters. The average molecular weight is 339 g/mol. The van der Waals surface area contributed by atoms with Crippen LogP contribution in [0.25, 0.3) is 0 Å². The fourth-order valence-electron chi connectivity index (χ4n) is 1.92. The number of carbonyl (C=O) groups is 1. The Morgan fingerprint density at radius 1 is 1.12 bits per heavy atom. The zero-order chi connectivity index (χ0) is 17.5. The van der Waals surface area contributed by atoms with Crippen molar-refractivity contribution in [3.8, 4) is 11.8 Å². The Bertz CT molecular complexity index is 762. The molecule has 1 amide bonds. The molecule has 122 valence electrons. The van der Waals surface area contributed by atoms with Gasteiger partial charge in [-0.25, -0.2) is 0 Å². The first-order valence-corrected chi connectivity index (χ1v) is 7.78. The molecule has 0 aliphatic rings. The Kier molecular flexibility index (Phi) is 5.88. The SMILES string of the molecule is CC(C)Oc1ccc(NC(=S)NC(=O)c2ccc(C#N)cc2)cc1. The van der Waals surface area contributed by atoms with Crippen LogP contribution in [0.2, 0.25) is 0 Å². The van der Waals surface area contributed by atoms with E-state index in [1.165, 1.54) is 0 Å². The number of nitrogens with one attached hydrogen (secondary N) is 2. The highest BCUT2D eigenvalue weighted by atomic mass is 32.1. The number of amides is 1. The molecule has 0 saturated carbocycles. The summed E-state index contributed by atoms with van der Waals surface area (Å²) in [6, 6.07) is 15.6. The quantitative estimate of drug-likeness (QED) is 0.834. The summed E-state index contributed by atoms with van der Waals surface area (Å²) < 4.78 is 5.56. The fraction of sp³-hybridized carbons (Fsp3) is 0.167. The molecule has 6 heteroatoms. The summed E-state index contributed by atoms with van der Waals surface area (Å²) in [6.07, 6.45) is 0.108. The van der Waals surface area contributed by atoms with Gasteiger partial charge in [0, 0.05) is 11.3 Å². The molecule has 0 spiro atoms. The summed E-state index contributed by atoms with van der Waals surface area (Å²) in [5.41, 5.74) is 1.67. The molecular weight excluding hydrogens is 322 g/mol. The molecule has 2 aromatic carbocycles. The van der Waals surface area contributed by atoms with E-state index in [2.05, 4.69) is 10.6 Å². The lowest BCUT2D eigenvalue weighted by molar-refractivity contribution is 0.0977. The van der Waals surface area contributed by atoms with Gasteiger partial charge in [-0.2, -0.15) is 5.26 Å². The van der Waals surface area contributed by atoms with Gasteiger partial charge in [-0.05, 0) is 74.6 Å². The number of nitrogens with zero attached hydrogens (tertiary/aromatic N) is 1. The first-order chi connectivity index (χ1) is 11.5. The zero-order valence-electron chi connectivity index (χ0n) is 13.4. The fourth-order valence-corrected chi connectivity index (χ4v) is 2.13. The molecule has 0 bridgehead atoms. The lowest BCUT2D eigenvalue weighted by Gasteiger charge is -2.12. The molecule has 0 aliphatic carbocycles. The van der Waals surface area contributed by atoms with Crippen LogP contribution >= 0.6 is 12.2 Å². The van der Waals surface area contributed by atoms with Crippen molar-refractivity contribution in [2.75, 3.05) is 5.32 Å². The second-order valence-corrected chi connectivity index (χ2v) is 5.70. The normalized spacial score (nSPS) is 9.92. The minimum atomic E-state index is -0.336. The van der Waals surface area contributed by atoms with Crippen LogP contribution in [0.4, 0.5) is 5.69 Å². The molecular formula is C18H17N3O2S. The van der Waals surface area contributed by atoms with Crippen molar-refractivity contribution in [3.63, 3.8) is 0 Å². The summed E-state index contributed by atoms with van der Waals surface area (Å²) in [6.45, 7) is 3.92. The number of ether oxygens (including phenoxy) is 1. The monoisotopic (exact) mass is 339 g/mol. The van der Waals surface area contributed by atoms with E-state index in [9.17, 15) is 4.79 Å². The number of benzene rings is 2. The Hall–Kier alpha value is -2.91. The minimum absolute atomic E-state index is 0.108. The van der Waals surface area contributed by atoms with Gasteiger partial charge in [0.2, 0.25) is 0 Å². The maximum Gasteiger partial charge on any atom is 0.257 e. The summed E-state index contributed by atoms with van der Waals surface area (Å²) in [4.78, 5) is 12.1. The molecule has 24 heavy (non-hydrogen) atoms. The lowest BCUT2D eigenvalue weighted by atomic mass is 10.1. The van der Waals surface area contributed by atoms with E-state index >= 15 is 0 Å². The largest absolute Gasteiger partial charge is 0.491 e. The van der Waals surface area contributed by atoms with E-state index in [4.69, 9.17) is 22.2 Å². The van der Waals surface area contributed by atoms with Crippen LogP contribution in [0.15, 0.2) is 48.5 Å². The summed E-state index contributed by atoms with van der Waals surface area (Å²) in [5.74, 6) is 0.430. The maximum atomic E-state index is 12.1. The van der Waals surface area contributed by atoms with Crippen molar-refractivity contribution in [1.82, 2.24) is 5.32 Å². The molecule has 2 rings (SSSR count). The predicted octanol–water partition coefficient (Wildman–Crippen LogP) is 3.47. The third kappa shape index (κ3) is 5.07. The van der Waals surface area contributed by atoms with Crippen molar-refractivity contribution >= 4 is 28.9 Å². The van der Waals surface area contributed by atoms with Gasteiger partial charge >= 0.3 is 0 Å². The number of rotatable bonds is 4. The first-order valence-electron chi connectivity index (χ1n) is 7.37. The maximum absolute atomic E-state index is 12.1. The van der Waals surface area contributed by atoms with Gasteiger partial charge in [-0.3, -0.25) is 10.1 Å². The topological polar surface area (TPSA) is 74.2 Å². The second-order valence-electron chi connectivity index (χ2n) is 5.29. The van der Waals surface area contributed by atoms with Gasteiger partial charge in [-0.15, -0.1) is 0 Å². The smallest absolute Gasteiger partial charge is 0.257 e. The second kappa shape index (κ2) is 8.09. The van der Waals surface area contributed by atoms with Gasteiger partial charge in [0.25, 0.3) is 5.91 Å². The highest BCUT2D eigenvalue weighted by molar-refractivity contribution is 7.80. The van der Waals surface area contributed by atoms with E-state index in [0.29, 0.717) is 11.1 Å². The van der Waals surface area contributed by atoms with Crippen LogP contribution in [0, 0.1) is 11.3 Å². The number of anilines is 1. The van der Waals surface area contributed by atoms with E-state index in [1.54, 1.807) is 24.3 Å². The van der Waals surface area contributed by atoms with Gasteiger partial charge < -0.3 is 10.1 Å². The molecule has 0 fully saturated rings. The number of nitriles is 1. The minimum Gasteiger partial charge on any atom is -0.491 e. The van der Waals surface area contributed by atoms with Crippen LogP contribution in [-0.4, -0.2) is 17.1 Å². The summed E-state index contributed by atoms with van der Waals surface area (Å²) in [7, 11) is 0. The first kappa shape index (κ1) is 17.4. The summed E-state index contributed by atoms with van der Waals surface area (Å²) >= 11 is 5.14. The van der Waals surface area contributed by atoms with Crippen LogP contribution < -0.4 is 15.4 Å². The van der Waals surface area contributed by atoms with Crippen molar-refractivity contribution in [3.05, 3.63) is 59.7 Å². The van der Waals surface area contributed by atoms with Gasteiger partial charge in [0.1, 0.15) is 5.75 Å². The van der Waals surface area contributed by atoms with Crippen LogP contribution in [0.3, 0.4) is 0 Å². The molecule has 0 unspecified atom stereocenters. The molecule has 0 radical (unpaired) electrons. The molecule has 2 N–H and O–H groups in total. The van der Waals surface area contributed by atoms with Crippen LogP contribution in [0.5, 0.6) is 5.75 Å². The molecule has 0 heterocycles. The zero-order valence-corrected chi connectivity index (χ0v) is 14.2. The highest BCUT2D eigenvalue weighted by Crippen LogP contribution is 2.16. The van der Waals surface area contributed by atoms with Crippen molar-refractivity contribution < 1.29 is 9.53 Å². The number of hydrogen-bond donors (Lipinski definition) is 2. The number of thiocarbonyl (C=S) groups is 1. The Labute approximate surface area is 146 Å². The Morgan fingerprint density at radius 2 is 1.75 bits per heavy atom. The highest BCUT2D eigenvalue weighted by Gasteiger charge is 2.08. The van der Waals surface area contributed by atoms with Crippen LogP contribution in [-0.2, 0) is 0 Å². The predicted molar refractivity (Wildman–Crippen MR) is 97.0 cm³/mol. The van der Waals surface area contributed by atoms with Crippen molar-refractivity contribution in [2.45, 2.75) is 20.0 Å². The summed E-state index contributed by atoms with van der Waals surface area (Å²) in [5, 5.41) is 14.5. The van der Waals surface area contributed by atoms with Gasteiger partial charge in [-0.1, -0.05) is 0 Å². The third-order valence-corrected chi connectivity index (χ3v) is 3.19. The Balaban J connectivity index is 1.92. The number of carbonyl (C=O) groups excluding carboxylic acids is 1. The molecule has 2 aromatic rings. The van der Waals surface area contributed by atoms with E-state index < -0.39 is 0 Å². The van der Waals surface area contributed by atoms with Gasteiger partial charge in [0.05, 0.1) is 17.7 Å². The van der Waals surface area contributed by atoms with E-state index in [0.717, 1.165) is 11.4 Å². The molecule has 0 aliphatic heterocycles. The van der Waals surface area contributed by atoms with Crippen LogP contribution in [0.1, 0.15) is 29.8 Å². The van der Waals surface area contributed by atoms with Gasteiger partial charge in [0.15, 0.2) is 5.11 Å². The van der Waals surface area contributed by atoms with E-state index in [-0.39, 0.29) is 17.1 Å².